The van der Waals surface area contributed by atoms with Crippen molar-refractivity contribution in [2.75, 3.05) is 13.2 Å². The van der Waals surface area contributed by atoms with Crippen molar-refractivity contribution in [2.45, 2.75) is 6.61 Å². The lowest BCUT2D eigenvalue weighted by Crippen LogP contribution is -2.24. The Hall–Kier alpha value is -4.33. The van der Waals surface area contributed by atoms with Crippen molar-refractivity contribution in [3.63, 3.8) is 0 Å². The van der Waals surface area contributed by atoms with Gasteiger partial charge in [-0.2, -0.15) is 5.10 Å². The van der Waals surface area contributed by atoms with Crippen LogP contribution < -0.4 is 19.6 Å². The van der Waals surface area contributed by atoms with Crippen LogP contribution in [0.15, 0.2) is 84.0 Å². The van der Waals surface area contributed by atoms with Crippen LogP contribution in [0, 0.1) is 0 Å². The van der Waals surface area contributed by atoms with Crippen molar-refractivity contribution in [3.05, 3.63) is 90.0 Å². The van der Waals surface area contributed by atoms with Crippen molar-refractivity contribution >= 4 is 18.1 Å². The Labute approximate surface area is 185 Å². The molecule has 164 valence electrons. The first-order valence-corrected chi connectivity index (χ1v) is 9.74. The van der Waals surface area contributed by atoms with E-state index < -0.39 is 18.5 Å². The van der Waals surface area contributed by atoms with Crippen molar-refractivity contribution in [1.29, 1.82) is 0 Å². The Bertz CT molecular complexity index is 1030. The molecule has 8 nitrogen and oxygen atoms in total. The highest BCUT2D eigenvalue weighted by Crippen LogP contribution is 2.18. The van der Waals surface area contributed by atoms with Gasteiger partial charge in [0.2, 0.25) is 0 Å². The van der Waals surface area contributed by atoms with Gasteiger partial charge >= 0.3 is 5.97 Å². The molecule has 0 aromatic heterocycles. The first-order valence-electron chi connectivity index (χ1n) is 9.74. The third-order valence-corrected chi connectivity index (χ3v) is 4.09. The van der Waals surface area contributed by atoms with Crippen LogP contribution in [-0.4, -0.2) is 36.4 Å². The van der Waals surface area contributed by atoms with E-state index in [2.05, 4.69) is 10.5 Å². The number of carboxylic acid groups (broad SMARTS) is 1. The van der Waals surface area contributed by atoms with E-state index in [1.54, 1.807) is 48.5 Å². The molecule has 3 rings (SSSR count). The SMILES string of the molecule is O=C(O)COc1ccc(/C=N/NC(=O)COc2ccc(OCc3ccccc3)cc2)cc1. The fourth-order valence-electron chi connectivity index (χ4n) is 2.53. The molecule has 8 heteroatoms. The van der Waals surface area contributed by atoms with Gasteiger partial charge in [-0.15, -0.1) is 0 Å². The lowest BCUT2D eigenvalue weighted by Gasteiger charge is -2.08. The Morgan fingerprint density at radius 2 is 1.34 bits per heavy atom. The first kappa shape index (κ1) is 22.4. The summed E-state index contributed by atoms with van der Waals surface area (Å²) >= 11 is 0. The third-order valence-electron chi connectivity index (χ3n) is 4.09. The summed E-state index contributed by atoms with van der Waals surface area (Å²) in [6.07, 6.45) is 1.46. The second-order valence-electron chi connectivity index (χ2n) is 6.58. The molecule has 0 heterocycles. The smallest absolute Gasteiger partial charge is 0.341 e. The number of nitrogens with one attached hydrogen (secondary N) is 1. The van der Waals surface area contributed by atoms with Crippen LogP contribution in [-0.2, 0) is 16.2 Å². The molecule has 0 atom stereocenters. The Kier molecular flexibility index (Phi) is 8.21. The molecule has 32 heavy (non-hydrogen) atoms. The molecule has 0 fully saturated rings. The molecule has 3 aromatic rings. The molecule has 0 radical (unpaired) electrons. The number of rotatable bonds is 11. The van der Waals surface area contributed by atoms with Crippen LogP contribution in [0.5, 0.6) is 17.2 Å². The maximum Gasteiger partial charge on any atom is 0.341 e. The van der Waals surface area contributed by atoms with Gasteiger partial charge in [-0.25, -0.2) is 10.2 Å². The van der Waals surface area contributed by atoms with Crippen LogP contribution >= 0.6 is 0 Å². The molecule has 0 saturated carbocycles. The minimum Gasteiger partial charge on any atom is -0.489 e. The van der Waals surface area contributed by atoms with Crippen LogP contribution in [0.3, 0.4) is 0 Å². The maximum absolute atomic E-state index is 11.9. The fourth-order valence-corrected chi connectivity index (χ4v) is 2.53. The number of benzene rings is 3. The average Bonchev–Trinajstić information content (AvgIpc) is 2.82. The number of hydrazone groups is 1. The predicted molar refractivity (Wildman–Crippen MR) is 118 cm³/mol. The van der Waals surface area contributed by atoms with Gasteiger partial charge in [0.1, 0.15) is 23.9 Å². The number of ether oxygens (including phenoxy) is 3. The van der Waals surface area contributed by atoms with Crippen LogP contribution in [0.1, 0.15) is 11.1 Å². The topological polar surface area (TPSA) is 106 Å². The normalized spacial score (nSPS) is 10.5. The van der Waals surface area contributed by atoms with E-state index in [9.17, 15) is 9.59 Å². The van der Waals surface area contributed by atoms with Crippen molar-refractivity contribution in [3.8, 4) is 17.2 Å². The summed E-state index contributed by atoms with van der Waals surface area (Å²) < 4.78 is 16.2. The number of carbonyl (C=O) groups excluding carboxylic acids is 1. The second-order valence-corrected chi connectivity index (χ2v) is 6.58. The summed E-state index contributed by atoms with van der Waals surface area (Å²) in [5.41, 5.74) is 4.16. The van der Waals surface area contributed by atoms with Crippen molar-refractivity contribution in [2.24, 2.45) is 5.10 Å². The second kappa shape index (κ2) is 11.8. The fraction of sp³-hybridized carbons (Fsp3) is 0.125. The molecule has 0 spiro atoms. The summed E-state index contributed by atoms with van der Waals surface area (Å²) in [5.74, 6) is 0.209. The number of nitrogens with zero attached hydrogens (tertiary/aromatic N) is 1. The van der Waals surface area contributed by atoms with E-state index in [-0.39, 0.29) is 6.61 Å². The molecular formula is C24H22N2O6. The van der Waals surface area contributed by atoms with Gasteiger partial charge in [0.05, 0.1) is 6.21 Å². The number of amides is 1. The minimum atomic E-state index is -1.05. The number of carbonyl (C=O) groups is 2. The molecule has 0 bridgehead atoms. The molecule has 0 aliphatic heterocycles. The van der Waals surface area contributed by atoms with Crippen LogP contribution in [0.2, 0.25) is 0 Å². The van der Waals surface area contributed by atoms with E-state index in [0.29, 0.717) is 29.4 Å². The Balaban J connectivity index is 1.37. The monoisotopic (exact) mass is 434 g/mol. The Morgan fingerprint density at radius 1 is 0.781 bits per heavy atom. The zero-order chi connectivity index (χ0) is 22.6. The highest BCUT2D eigenvalue weighted by Gasteiger charge is 2.03. The summed E-state index contributed by atoms with van der Waals surface area (Å²) in [4.78, 5) is 22.4. The summed E-state index contributed by atoms with van der Waals surface area (Å²) in [5, 5.41) is 12.5. The van der Waals surface area contributed by atoms with E-state index >= 15 is 0 Å². The van der Waals surface area contributed by atoms with E-state index in [1.165, 1.54) is 6.21 Å². The molecular weight excluding hydrogens is 412 g/mol. The van der Waals surface area contributed by atoms with Gasteiger partial charge in [0.15, 0.2) is 13.2 Å². The Morgan fingerprint density at radius 3 is 1.97 bits per heavy atom. The molecule has 0 aliphatic carbocycles. The molecule has 3 aromatic carbocycles. The number of hydrogen-bond donors (Lipinski definition) is 2. The van der Waals surface area contributed by atoms with Gasteiger partial charge in [0, 0.05) is 0 Å². The number of hydrogen-bond acceptors (Lipinski definition) is 6. The molecule has 0 unspecified atom stereocenters. The highest BCUT2D eigenvalue weighted by atomic mass is 16.5. The zero-order valence-corrected chi connectivity index (χ0v) is 17.1. The lowest BCUT2D eigenvalue weighted by molar-refractivity contribution is -0.139. The van der Waals surface area contributed by atoms with Crippen LogP contribution in [0.25, 0.3) is 0 Å². The number of aliphatic carboxylic acids is 1. The largest absolute Gasteiger partial charge is 0.489 e. The van der Waals surface area contributed by atoms with E-state index in [4.69, 9.17) is 19.3 Å². The summed E-state index contributed by atoms with van der Waals surface area (Å²) in [6, 6.07) is 23.5. The minimum absolute atomic E-state index is 0.191. The van der Waals surface area contributed by atoms with E-state index in [1.807, 2.05) is 30.3 Å². The quantitative estimate of drug-likeness (QED) is 0.354. The lowest BCUT2D eigenvalue weighted by atomic mass is 10.2. The van der Waals surface area contributed by atoms with E-state index in [0.717, 1.165) is 5.56 Å². The number of carboxylic acids is 1. The van der Waals surface area contributed by atoms with Gasteiger partial charge < -0.3 is 19.3 Å². The maximum atomic E-state index is 11.9. The predicted octanol–water partition coefficient (Wildman–Crippen LogP) is 3.26. The van der Waals surface area contributed by atoms with Gasteiger partial charge in [0.25, 0.3) is 5.91 Å². The first-order chi connectivity index (χ1) is 15.6. The molecule has 0 saturated heterocycles. The zero-order valence-electron chi connectivity index (χ0n) is 17.1. The standard InChI is InChI=1S/C24H22N2O6/c27-23(26-25-14-18-6-8-20(9-7-18)32-17-24(28)29)16-31-22-12-10-21(11-13-22)30-15-19-4-2-1-3-5-19/h1-14H,15-17H2,(H,26,27)(H,28,29)/b25-14+. The summed E-state index contributed by atoms with van der Waals surface area (Å²) in [6.45, 7) is -0.129. The third kappa shape index (κ3) is 7.83. The van der Waals surface area contributed by atoms with Crippen molar-refractivity contribution in [1.82, 2.24) is 5.43 Å². The summed E-state index contributed by atoms with van der Waals surface area (Å²) in [7, 11) is 0. The average molecular weight is 434 g/mol. The van der Waals surface area contributed by atoms with Gasteiger partial charge in [-0.05, 0) is 59.7 Å². The molecule has 0 aliphatic rings. The van der Waals surface area contributed by atoms with Crippen LogP contribution in [0.4, 0.5) is 0 Å². The van der Waals surface area contributed by atoms with Gasteiger partial charge in [-0.1, -0.05) is 30.3 Å². The molecule has 2 N–H and O–H groups in total. The molecule has 1 amide bonds. The van der Waals surface area contributed by atoms with Gasteiger partial charge in [-0.3, -0.25) is 4.79 Å². The highest BCUT2D eigenvalue weighted by molar-refractivity contribution is 5.83. The van der Waals surface area contributed by atoms with Crippen molar-refractivity contribution < 1.29 is 28.9 Å².